The molecule has 8 heteroatoms. The normalized spacial score (nSPS) is 27.6. The van der Waals surface area contributed by atoms with E-state index >= 15 is 0 Å². The van der Waals surface area contributed by atoms with E-state index in [1.165, 1.54) is 5.56 Å². The molecular weight excluding hydrogens is 320 g/mol. The number of carbonyl (C=O) groups excluding carboxylic acids is 1. The summed E-state index contributed by atoms with van der Waals surface area (Å²) < 4.78 is 7.24. The molecule has 8 nitrogen and oxygen atoms in total. The molecule has 134 valence electrons. The van der Waals surface area contributed by atoms with Crippen LogP contribution in [-0.2, 0) is 18.4 Å². The number of nitrogens with zero attached hydrogens (tertiary/aromatic N) is 5. The Labute approximate surface area is 146 Å². The smallest absolute Gasteiger partial charge is 0.231 e. The predicted octanol–water partition coefficient (Wildman–Crippen LogP) is 0.853. The van der Waals surface area contributed by atoms with Gasteiger partial charge >= 0.3 is 0 Å². The highest BCUT2D eigenvalue weighted by molar-refractivity contribution is 5.80. The number of hydrogen-bond acceptors (Lipinski definition) is 6. The van der Waals surface area contributed by atoms with Crippen LogP contribution in [0.3, 0.4) is 0 Å². The summed E-state index contributed by atoms with van der Waals surface area (Å²) >= 11 is 0. The summed E-state index contributed by atoms with van der Waals surface area (Å²) in [7, 11) is 1.93. The fraction of sp³-hybridized carbons (Fsp3) is 0.647. The SMILES string of the molecule is Cc1noc([C@@H]2CNC(=O)[C@@H]3CCN(Cc4cnn(C)c4)CC[C@@H]32)n1. The van der Waals surface area contributed by atoms with Crippen molar-refractivity contribution in [1.82, 2.24) is 30.1 Å². The third-order valence-electron chi connectivity index (χ3n) is 5.43. The van der Waals surface area contributed by atoms with Crippen molar-refractivity contribution in [2.24, 2.45) is 18.9 Å². The van der Waals surface area contributed by atoms with Crippen molar-refractivity contribution in [2.45, 2.75) is 32.2 Å². The molecule has 2 aliphatic rings. The van der Waals surface area contributed by atoms with Crippen molar-refractivity contribution in [3.8, 4) is 0 Å². The summed E-state index contributed by atoms with van der Waals surface area (Å²) in [6.45, 7) is 5.17. The van der Waals surface area contributed by atoms with Crippen LogP contribution in [0.4, 0.5) is 0 Å². The summed E-state index contributed by atoms with van der Waals surface area (Å²) in [5, 5.41) is 11.2. The number of likely N-dealkylation sites (tertiary alicyclic amines) is 1. The highest BCUT2D eigenvalue weighted by atomic mass is 16.5. The molecule has 0 bridgehead atoms. The van der Waals surface area contributed by atoms with Gasteiger partial charge in [-0.1, -0.05) is 5.16 Å². The Balaban J connectivity index is 1.50. The number of rotatable bonds is 3. The second-order valence-electron chi connectivity index (χ2n) is 7.18. The number of hydrogen-bond donors (Lipinski definition) is 1. The molecule has 2 aliphatic heterocycles. The molecule has 1 amide bonds. The van der Waals surface area contributed by atoms with Crippen molar-refractivity contribution in [3.05, 3.63) is 29.7 Å². The van der Waals surface area contributed by atoms with Crippen LogP contribution in [0.15, 0.2) is 16.9 Å². The Hall–Kier alpha value is -2.22. The Morgan fingerprint density at radius 3 is 2.88 bits per heavy atom. The number of carbonyl (C=O) groups is 1. The van der Waals surface area contributed by atoms with Gasteiger partial charge in [0.25, 0.3) is 0 Å². The average Bonchev–Trinajstić information content (AvgIpc) is 3.13. The maximum Gasteiger partial charge on any atom is 0.231 e. The zero-order valence-corrected chi connectivity index (χ0v) is 14.7. The molecule has 4 heterocycles. The first-order valence-corrected chi connectivity index (χ1v) is 8.88. The Bertz CT molecular complexity index is 754. The average molecular weight is 344 g/mol. The van der Waals surface area contributed by atoms with Gasteiger partial charge in [-0.25, -0.2) is 0 Å². The predicted molar refractivity (Wildman–Crippen MR) is 89.5 cm³/mol. The van der Waals surface area contributed by atoms with Gasteiger partial charge in [0, 0.05) is 37.8 Å². The Morgan fingerprint density at radius 1 is 1.32 bits per heavy atom. The van der Waals surface area contributed by atoms with Gasteiger partial charge in [0.1, 0.15) is 0 Å². The van der Waals surface area contributed by atoms with Crippen molar-refractivity contribution in [1.29, 1.82) is 0 Å². The van der Waals surface area contributed by atoms with E-state index in [2.05, 4.69) is 31.7 Å². The minimum atomic E-state index is 0.0184. The third kappa shape index (κ3) is 3.30. The topological polar surface area (TPSA) is 89.1 Å². The molecular formula is C17H24N6O2. The lowest BCUT2D eigenvalue weighted by Gasteiger charge is -2.34. The van der Waals surface area contributed by atoms with E-state index in [1.807, 2.05) is 24.9 Å². The monoisotopic (exact) mass is 344 g/mol. The number of aryl methyl sites for hydroxylation is 2. The number of nitrogens with one attached hydrogen (secondary N) is 1. The van der Waals surface area contributed by atoms with Crippen LogP contribution in [0, 0.1) is 18.8 Å². The largest absolute Gasteiger partial charge is 0.355 e. The van der Waals surface area contributed by atoms with Crippen LogP contribution in [0.5, 0.6) is 0 Å². The summed E-state index contributed by atoms with van der Waals surface area (Å²) in [6.07, 6.45) is 5.79. The molecule has 0 aromatic carbocycles. The van der Waals surface area contributed by atoms with Gasteiger partial charge in [0.15, 0.2) is 5.82 Å². The van der Waals surface area contributed by atoms with Crippen LogP contribution >= 0.6 is 0 Å². The van der Waals surface area contributed by atoms with Crippen LogP contribution in [0.25, 0.3) is 0 Å². The second kappa shape index (κ2) is 6.59. The van der Waals surface area contributed by atoms with Crippen LogP contribution in [-0.4, -0.2) is 50.4 Å². The molecule has 1 N–H and O–H groups in total. The first-order valence-electron chi connectivity index (χ1n) is 8.88. The molecule has 0 aliphatic carbocycles. The van der Waals surface area contributed by atoms with E-state index in [4.69, 9.17) is 4.52 Å². The van der Waals surface area contributed by atoms with E-state index in [0.717, 1.165) is 32.5 Å². The van der Waals surface area contributed by atoms with Crippen LogP contribution in [0.1, 0.15) is 36.0 Å². The zero-order valence-electron chi connectivity index (χ0n) is 14.7. The van der Waals surface area contributed by atoms with Gasteiger partial charge in [-0.15, -0.1) is 0 Å². The molecule has 4 rings (SSSR count). The fourth-order valence-corrected chi connectivity index (χ4v) is 4.18. The quantitative estimate of drug-likeness (QED) is 0.888. The van der Waals surface area contributed by atoms with Gasteiger partial charge in [0.05, 0.1) is 12.1 Å². The first-order chi connectivity index (χ1) is 12.1. The Morgan fingerprint density at radius 2 is 2.16 bits per heavy atom. The molecule has 3 atom stereocenters. The van der Waals surface area contributed by atoms with E-state index in [1.54, 1.807) is 0 Å². The van der Waals surface area contributed by atoms with Crippen molar-refractivity contribution >= 4 is 5.91 Å². The summed E-state index contributed by atoms with van der Waals surface area (Å²) in [6, 6.07) is 0. The number of fused-ring (bicyclic) bond motifs is 1. The first kappa shape index (κ1) is 16.3. The van der Waals surface area contributed by atoms with Gasteiger partial charge in [-0.3, -0.25) is 14.4 Å². The molecule has 2 aromatic heterocycles. The molecule has 0 spiro atoms. The maximum absolute atomic E-state index is 12.4. The minimum absolute atomic E-state index is 0.0184. The molecule has 0 unspecified atom stereocenters. The molecule has 2 saturated heterocycles. The van der Waals surface area contributed by atoms with E-state index in [-0.39, 0.29) is 23.7 Å². The fourth-order valence-electron chi connectivity index (χ4n) is 4.18. The highest BCUT2D eigenvalue weighted by Crippen LogP contribution is 2.38. The molecule has 2 fully saturated rings. The van der Waals surface area contributed by atoms with Crippen molar-refractivity contribution < 1.29 is 9.32 Å². The van der Waals surface area contributed by atoms with E-state index in [9.17, 15) is 4.79 Å². The Kier molecular flexibility index (Phi) is 4.29. The number of aromatic nitrogens is 4. The summed E-state index contributed by atoms with van der Waals surface area (Å²) in [5.41, 5.74) is 1.21. The second-order valence-corrected chi connectivity index (χ2v) is 7.18. The van der Waals surface area contributed by atoms with Crippen LogP contribution in [0.2, 0.25) is 0 Å². The molecule has 0 saturated carbocycles. The van der Waals surface area contributed by atoms with Gasteiger partial charge in [0.2, 0.25) is 11.8 Å². The van der Waals surface area contributed by atoms with E-state index < -0.39 is 0 Å². The lowest BCUT2D eigenvalue weighted by molar-refractivity contribution is -0.129. The number of amides is 1. The lowest BCUT2D eigenvalue weighted by Crippen LogP contribution is -2.46. The standard InChI is InChI=1S/C17H24N6O2/c1-11-20-17(25-21-11)15-8-18-16(24)14-4-6-23(5-3-13(14)15)10-12-7-19-22(2)9-12/h7,9,13-15H,3-6,8,10H2,1-2H3,(H,18,24)/t13-,14+,15+/m0/s1. The van der Waals surface area contributed by atoms with Crippen molar-refractivity contribution in [2.75, 3.05) is 19.6 Å². The maximum atomic E-state index is 12.4. The van der Waals surface area contributed by atoms with Gasteiger partial charge in [-0.2, -0.15) is 10.1 Å². The zero-order chi connectivity index (χ0) is 17.4. The minimum Gasteiger partial charge on any atom is -0.355 e. The lowest BCUT2D eigenvalue weighted by atomic mass is 9.75. The summed E-state index contributed by atoms with van der Waals surface area (Å²) in [4.78, 5) is 19.3. The van der Waals surface area contributed by atoms with Gasteiger partial charge in [-0.05, 0) is 38.8 Å². The van der Waals surface area contributed by atoms with E-state index in [0.29, 0.717) is 18.3 Å². The molecule has 25 heavy (non-hydrogen) atoms. The van der Waals surface area contributed by atoms with Gasteiger partial charge < -0.3 is 9.84 Å². The molecule has 2 aromatic rings. The van der Waals surface area contributed by atoms with Crippen molar-refractivity contribution in [3.63, 3.8) is 0 Å². The summed E-state index contributed by atoms with van der Waals surface area (Å²) in [5.74, 6) is 1.86. The highest BCUT2D eigenvalue weighted by Gasteiger charge is 2.42. The van der Waals surface area contributed by atoms with Crippen LogP contribution < -0.4 is 5.32 Å². The number of piperidine rings is 1. The molecule has 0 radical (unpaired) electrons. The third-order valence-corrected chi connectivity index (χ3v) is 5.43.